The molecule has 132 valence electrons. The first-order valence-corrected chi connectivity index (χ1v) is 8.60. The van der Waals surface area contributed by atoms with E-state index in [0.717, 1.165) is 23.3 Å². The van der Waals surface area contributed by atoms with Crippen LogP contribution in [0.2, 0.25) is 0 Å². The Labute approximate surface area is 147 Å². The van der Waals surface area contributed by atoms with Crippen molar-refractivity contribution in [3.8, 4) is 0 Å². The Morgan fingerprint density at radius 1 is 1.20 bits per heavy atom. The van der Waals surface area contributed by atoms with Crippen LogP contribution in [0.5, 0.6) is 0 Å². The third kappa shape index (κ3) is 3.90. The molecular formula is C19H23N3O3. The number of amides is 2. The third-order valence-electron chi connectivity index (χ3n) is 4.32. The second-order valence-corrected chi connectivity index (χ2v) is 6.84. The molecule has 1 aromatic carbocycles. The van der Waals surface area contributed by atoms with E-state index < -0.39 is 0 Å². The van der Waals surface area contributed by atoms with Crippen LogP contribution < -0.4 is 10.6 Å². The van der Waals surface area contributed by atoms with Crippen LogP contribution in [0, 0.1) is 6.92 Å². The van der Waals surface area contributed by atoms with Gasteiger partial charge in [0.15, 0.2) is 5.69 Å². The van der Waals surface area contributed by atoms with Crippen LogP contribution >= 0.6 is 0 Å². The smallest absolute Gasteiger partial charge is 0.273 e. The lowest BCUT2D eigenvalue weighted by Gasteiger charge is -2.22. The van der Waals surface area contributed by atoms with Gasteiger partial charge in [-0.1, -0.05) is 22.9 Å². The molecule has 6 nitrogen and oxygen atoms in total. The Bertz CT molecular complexity index is 778. The lowest BCUT2D eigenvalue weighted by molar-refractivity contribution is 0.0928. The minimum Gasteiger partial charge on any atom is -0.360 e. The van der Waals surface area contributed by atoms with Gasteiger partial charge in [0, 0.05) is 29.6 Å². The van der Waals surface area contributed by atoms with Crippen LogP contribution in [0.25, 0.3) is 0 Å². The molecule has 1 atom stereocenters. The molecule has 2 aromatic rings. The minimum atomic E-state index is -0.231. The zero-order valence-electron chi connectivity index (χ0n) is 14.8. The first kappa shape index (κ1) is 17.2. The summed E-state index contributed by atoms with van der Waals surface area (Å²) >= 11 is 0. The van der Waals surface area contributed by atoms with Crippen molar-refractivity contribution in [3.63, 3.8) is 0 Å². The largest absolute Gasteiger partial charge is 0.360 e. The van der Waals surface area contributed by atoms with Crippen molar-refractivity contribution in [2.75, 3.05) is 0 Å². The van der Waals surface area contributed by atoms with Gasteiger partial charge in [-0.15, -0.1) is 0 Å². The minimum absolute atomic E-state index is 0.0282. The quantitative estimate of drug-likeness (QED) is 0.894. The number of aromatic nitrogens is 1. The van der Waals surface area contributed by atoms with E-state index in [0.29, 0.717) is 24.1 Å². The molecule has 0 saturated carbocycles. The fourth-order valence-corrected chi connectivity index (χ4v) is 3.01. The van der Waals surface area contributed by atoms with E-state index >= 15 is 0 Å². The highest BCUT2D eigenvalue weighted by Gasteiger charge is 2.29. The number of benzene rings is 1. The number of aryl methyl sites for hydroxylation is 2. The lowest BCUT2D eigenvalue weighted by atomic mass is 9.91. The van der Waals surface area contributed by atoms with Gasteiger partial charge in [0.05, 0.1) is 0 Å². The van der Waals surface area contributed by atoms with E-state index in [9.17, 15) is 9.59 Å². The number of fused-ring (bicyclic) bond motifs is 1. The van der Waals surface area contributed by atoms with E-state index in [1.165, 1.54) is 0 Å². The Hall–Kier alpha value is -2.63. The molecule has 3 rings (SSSR count). The number of nitrogens with one attached hydrogen (secondary N) is 2. The van der Waals surface area contributed by atoms with Gasteiger partial charge in [-0.3, -0.25) is 9.59 Å². The maximum absolute atomic E-state index is 12.4. The summed E-state index contributed by atoms with van der Waals surface area (Å²) in [6.45, 7) is 5.78. The highest BCUT2D eigenvalue weighted by molar-refractivity contribution is 5.95. The Kier molecular flexibility index (Phi) is 4.88. The van der Waals surface area contributed by atoms with Crippen LogP contribution in [-0.4, -0.2) is 29.1 Å². The summed E-state index contributed by atoms with van der Waals surface area (Å²) in [6.07, 6.45) is 1.98. The average molecular weight is 341 g/mol. The molecule has 0 radical (unpaired) electrons. The average Bonchev–Trinajstić information content (AvgIpc) is 2.98. The first-order valence-electron chi connectivity index (χ1n) is 8.60. The summed E-state index contributed by atoms with van der Waals surface area (Å²) in [5.41, 5.74) is 2.89. The highest BCUT2D eigenvalue weighted by atomic mass is 16.5. The number of nitrogens with zero attached hydrogens (tertiary/aromatic N) is 1. The maximum Gasteiger partial charge on any atom is 0.273 e. The molecule has 0 saturated heterocycles. The lowest BCUT2D eigenvalue weighted by Crippen LogP contribution is -2.39. The first-order chi connectivity index (χ1) is 11.9. The molecule has 0 bridgehead atoms. The maximum atomic E-state index is 12.4. The summed E-state index contributed by atoms with van der Waals surface area (Å²) in [7, 11) is 0. The van der Waals surface area contributed by atoms with Gasteiger partial charge in [-0.05, 0) is 45.7 Å². The van der Waals surface area contributed by atoms with Crippen molar-refractivity contribution < 1.29 is 14.1 Å². The van der Waals surface area contributed by atoms with Gasteiger partial charge in [-0.2, -0.15) is 0 Å². The summed E-state index contributed by atoms with van der Waals surface area (Å²) in [6, 6.07) is 7.47. The predicted molar refractivity (Wildman–Crippen MR) is 93.6 cm³/mol. The Morgan fingerprint density at radius 3 is 2.60 bits per heavy atom. The topological polar surface area (TPSA) is 84.2 Å². The molecule has 25 heavy (non-hydrogen) atoms. The van der Waals surface area contributed by atoms with Gasteiger partial charge in [-0.25, -0.2) is 0 Å². The Morgan fingerprint density at radius 2 is 1.92 bits per heavy atom. The van der Waals surface area contributed by atoms with Gasteiger partial charge in [0.2, 0.25) is 0 Å². The van der Waals surface area contributed by atoms with Crippen LogP contribution in [0.3, 0.4) is 0 Å². The zero-order chi connectivity index (χ0) is 18.0. The number of hydrogen-bond donors (Lipinski definition) is 2. The summed E-state index contributed by atoms with van der Waals surface area (Å²) in [5.74, 6) is 0.415. The fraction of sp³-hybridized carbons (Fsp3) is 0.421. The normalized spacial score (nSPS) is 16.4. The number of carbonyl (C=O) groups excluding carboxylic acids is 2. The van der Waals surface area contributed by atoms with E-state index in [2.05, 4.69) is 15.8 Å². The molecule has 1 aromatic heterocycles. The van der Waals surface area contributed by atoms with E-state index in [1.54, 1.807) is 0 Å². The van der Waals surface area contributed by atoms with Gasteiger partial charge in [0.25, 0.3) is 11.8 Å². The summed E-state index contributed by atoms with van der Waals surface area (Å²) in [4.78, 5) is 24.7. The second-order valence-electron chi connectivity index (χ2n) is 6.84. The molecular weight excluding hydrogens is 318 g/mol. The number of carbonyl (C=O) groups is 2. The molecule has 1 aliphatic carbocycles. The molecule has 1 aliphatic rings. The van der Waals surface area contributed by atoms with E-state index in [4.69, 9.17) is 4.52 Å². The summed E-state index contributed by atoms with van der Waals surface area (Å²) < 4.78 is 5.32. The molecule has 0 spiro atoms. The fourth-order valence-electron chi connectivity index (χ4n) is 3.01. The standard InChI is InChI=1S/C19H23N3O3/c1-11(2)20-19(24)17-15-10-14(8-9-16(15)25-22-17)21-18(23)13-6-4-12(3)5-7-13/h4-7,11,14H,8-10H2,1-3H3,(H,20,24)(H,21,23). The summed E-state index contributed by atoms with van der Waals surface area (Å²) in [5, 5.41) is 9.82. The van der Waals surface area contributed by atoms with Crippen LogP contribution in [0.15, 0.2) is 28.8 Å². The van der Waals surface area contributed by atoms with Crippen molar-refractivity contribution >= 4 is 11.8 Å². The van der Waals surface area contributed by atoms with Crippen molar-refractivity contribution in [2.24, 2.45) is 0 Å². The molecule has 0 aliphatic heterocycles. The molecule has 2 amide bonds. The second kappa shape index (κ2) is 7.09. The van der Waals surface area contributed by atoms with Crippen molar-refractivity contribution in [3.05, 3.63) is 52.4 Å². The van der Waals surface area contributed by atoms with Crippen molar-refractivity contribution in [1.29, 1.82) is 0 Å². The van der Waals surface area contributed by atoms with Gasteiger partial charge >= 0.3 is 0 Å². The molecule has 1 heterocycles. The van der Waals surface area contributed by atoms with Gasteiger partial charge in [0.1, 0.15) is 5.76 Å². The monoisotopic (exact) mass is 341 g/mol. The highest BCUT2D eigenvalue weighted by Crippen LogP contribution is 2.25. The van der Waals surface area contributed by atoms with Gasteiger partial charge < -0.3 is 15.2 Å². The van der Waals surface area contributed by atoms with Crippen molar-refractivity contribution in [2.45, 2.75) is 52.1 Å². The van der Waals surface area contributed by atoms with E-state index in [-0.39, 0.29) is 23.9 Å². The molecule has 2 N–H and O–H groups in total. The number of rotatable bonds is 4. The van der Waals surface area contributed by atoms with Crippen LogP contribution in [-0.2, 0) is 12.8 Å². The van der Waals surface area contributed by atoms with Crippen LogP contribution in [0.4, 0.5) is 0 Å². The van der Waals surface area contributed by atoms with Crippen molar-refractivity contribution in [1.82, 2.24) is 15.8 Å². The van der Waals surface area contributed by atoms with E-state index in [1.807, 2.05) is 45.0 Å². The molecule has 1 unspecified atom stereocenters. The predicted octanol–water partition coefficient (Wildman–Crippen LogP) is 2.41. The Balaban J connectivity index is 1.70. The third-order valence-corrected chi connectivity index (χ3v) is 4.32. The molecule has 0 fully saturated rings. The SMILES string of the molecule is Cc1ccc(C(=O)NC2CCc3onc(C(=O)NC(C)C)c3C2)cc1. The number of hydrogen-bond acceptors (Lipinski definition) is 4. The zero-order valence-corrected chi connectivity index (χ0v) is 14.8. The van der Waals surface area contributed by atoms with Crippen LogP contribution in [0.1, 0.15) is 58.0 Å². The molecule has 6 heteroatoms.